The van der Waals surface area contributed by atoms with Crippen LogP contribution in [0.5, 0.6) is 0 Å². The molecule has 1 aliphatic rings. The molecule has 6 nitrogen and oxygen atoms in total. The van der Waals surface area contributed by atoms with E-state index in [-0.39, 0.29) is 11.5 Å². The zero-order valence-electron chi connectivity index (χ0n) is 25.8. The van der Waals surface area contributed by atoms with E-state index in [1.807, 2.05) is 30.3 Å². The van der Waals surface area contributed by atoms with Crippen LogP contribution in [0.3, 0.4) is 0 Å². The maximum absolute atomic E-state index is 14.3. The Balaban J connectivity index is 1.32. The first-order valence-corrected chi connectivity index (χ1v) is 15.4. The summed E-state index contributed by atoms with van der Waals surface area (Å²) in [6, 6.07) is 32.8. The highest BCUT2D eigenvalue weighted by Gasteiger charge is 2.29. The van der Waals surface area contributed by atoms with Gasteiger partial charge in [0.1, 0.15) is 11.5 Å². The average molecular weight is 597 g/mol. The van der Waals surface area contributed by atoms with Gasteiger partial charge in [0.2, 0.25) is 0 Å². The van der Waals surface area contributed by atoms with Crippen molar-refractivity contribution in [1.29, 1.82) is 0 Å². The number of amides is 1. The zero-order chi connectivity index (χ0) is 31.4. The minimum atomic E-state index is -0.0840. The molecule has 0 saturated carbocycles. The summed E-state index contributed by atoms with van der Waals surface area (Å²) in [5, 5.41) is 5.33. The van der Waals surface area contributed by atoms with Gasteiger partial charge in [0.05, 0.1) is 11.0 Å². The van der Waals surface area contributed by atoms with Gasteiger partial charge in [-0.3, -0.25) is 23.9 Å². The molecule has 0 bridgehead atoms. The Labute approximate surface area is 264 Å². The Morgan fingerprint density at radius 1 is 0.630 bits per heavy atom. The summed E-state index contributed by atoms with van der Waals surface area (Å²) in [5.74, 6) is 0.584. The monoisotopic (exact) mass is 596 g/mol. The molecule has 220 valence electrons. The van der Waals surface area contributed by atoms with Crippen LogP contribution < -0.4 is 5.56 Å². The molecule has 0 fully saturated rings. The van der Waals surface area contributed by atoms with Crippen LogP contribution >= 0.6 is 0 Å². The standard InChI is InChI=1S/C40H28N4O2/c1-21-11-12-23(19-22(21)2)24-13-18-33-34(20-24)44-38(42-33)30-17-15-26(28-8-6-10-32(36(28)30)40(44)46)25-14-16-29-35-27(25)7-5-9-31(35)39(45)43(4)37(29)41-3/h5-20H,1-4H3/b41-37-. The second-order valence-electron chi connectivity index (χ2n) is 12.3. The number of hydrogen-bond donors (Lipinski definition) is 0. The molecular formula is C40H28N4O2. The molecule has 6 aromatic carbocycles. The molecule has 0 aliphatic carbocycles. The van der Waals surface area contributed by atoms with Crippen LogP contribution in [0.4, 0.5) is 0 Å². The summed E-state index contributed by atoms with van der Waals surface area (Å²) >= 11 is 0. The summed E-state index contributed by atoms with van der Waals surface area (Å²) < 4.78 is 1.77. The number of aryl methyl sites for hydroxylation is 2. The highest BCUT2D eigenvalue weighted by atomic mass is 16.2. The van der Waals surface area contributed by atoms with Crippen molar-refractivity contribution in [2.24, 2.45) is 4.99 Å². The number of aliphatic imine (C=N–C) groups is 1. The predicted molar refractivity (Wildman–Crippen MR) is 188 cm³/mol. The normalized spacial score (nSPS) is 14.2. The summed E-state index contributed by atoms with van der Waals surface area (Å²) in [4.78, 5) is 38.7. The number of rotatable bonds is 2. The fourth-order valence-corrected chi connectivity index (χ4v) is 7.42. The average Bonchev–Trinajstić information content (AvgIpc) is 3.47. The third-order valence-electron chi connectivity index (χ3n) is 9.85. The summed E-state index contributed by atoms with van der Waals surface area (Å²) in [5.41, 5.74) is 10.4. The molecule has 6 heteroatoms. The number of carbonyl (C=O) groups is 1. The molecule has 8 aromatic rings. The second-order valence-corrected chi connectivity index (χ2v) is 12.3. The number of benzene rings is 6. The number of nitrogens with zero attached hydrogens (tertiary/aromatic N) is 4. The lowest BCUT2D eigenvalue weighted by molar-refractivity contribution is 0.0870. The summed E-state index contributed by atoms with van der Waals surface area (Å²) in [6.07, 6.45) is 0. The number of hydrogen-bond acceptors (Lipinski definition) is 4. The van der Waals surface area contributed by atoms with Crippen molar-refractivity contribution >= 4 is 60.7 Å². The molecule has 0 atom stereocenters. The van der Waals surface area contributed by atoms with E-state index in [1.165, 1.54) is 11.1 Å². The molecule has 9 rings (SSSR count). The van der Waals surface area contributed by atoms with Crippen molar-refractivity contribution in [3.05, 3.63) is 130 Å². The second kappa shape index (κ2) is 9.31. The van der Waals surface area contributed by atoms with Crippen LogP contribution in [-0.4, -0.2) is 40.1 Å². The SMILES string of the molecule is C/N=C1/c2ccc(-c3ccc4c5c3cccc5c(=O)n3c5cc(-c6ccc(C)c(C)c6)ccc5nc43)c3cccc(c23)C(=O)N1C. The third-order valence-corrected chi connectivity index (χ3v) is 9.85. The lowest BCUT2D eigenvalue weighted by atomic mass is 9.87. The Morgan fingerprint density at radius 3 is 2.09 bits per heavy atom. The third kappa shape index (κ3) is 3.41. The van der Waals surface area contributed by atoms with E-state index in [2.05, 4.69) is 85.6 Å². The molecule has 0 saturated heterocycles. The van der Waals surface area contributed by atoms with Crippen molar-refractivity contribution in [3.63, 3.8) is 0 Å². The molecule has 0 unspecified atom stereocenters. The van der Waals surface area contributed by atoms with Crippen LogP contribution in [0.15, 0.2) is 107 Å². The molecule has 0 radical (unpaired) electrons. The van der Waals surface area contributed by atoms with Gasteiger partial charge in [-0.2, -0.15) is 0 Å². The van der Waals surface area contributed by atoms with E-state index in [0.717, 1.165) is 65.8 Å². The van der Waals surface area contributed by atoms with Crippen LogP contribution in [0, 0.1) is 13.8 Å². The molecule has 0 spiro atoms. The Kier molecular flexibility index (Phi) is 5.37. The maximum atomic E-state index is 14.3. The van der Waals surface area contributed by atoms with Crippen molar-refractivity contribution in [1.82, 2.24) is 14.3 Å². The quantitative estimate of drug-likeness (QED) is 0.202. The molecule has 46 heavy (non-hydrogen) atoms. The van der Waals surface area contributed by atoms with E-state index >= 15 is 0 Å². The van der Waals surface area contributed by atoms with Gasteiger partial charge in [0, 0.05) is 46.8 Å². The van der Waals surface area contributed by atoms with E-state index in [1.54, 1.807) is 23.4 Å². The lowest BCUT2D eigenvalue weighted by Crippen LogP contribution is -2.37. The molecule has 2 aromatic heterocycles. The van der Waals surface area contributed by atoms with Gasteiger partial charge in [-0.15, -0.1) is 0 Å². The fourth-order valence-electron chi connectivity index (χ4n) is 7.42. The van der Waals surface area contributed by atoms with Crippen LogP contribution in [0.1, 0.15) is 27.0 Å². The van der Waals surface area contributed by atoms with Crippen LogP contribution in [0.25, 0.3) is 71.3 Å². The molecular weight excluding hydrogens is 568 g/mol. The van der Waals surface area contributed by atoms with Gasteiger partial charge in [-0.05, 0) is 94.4 Å². The number of aromatic nitrogens is 2. The van der Waals surface area contributed by atoms with Gasteiger partial charge in [0.15, 0.2) is 0 Å². The van der Waals surface area contributed by atoms with E-state index in [9.17, 15) is 9.59 Å². The van der Waals surface area contributed by atoms with Crippen molar-refractivity contribution in [3.8, 4) is 22.3 Å². The molecule has 1 aliphatic heterocycles. The molecule has 0 N–H and O–H groups in total. The number of fused-ring (bicyclic) bond motifs is 4. The lowest BCUT2D eigenvalue weighted by Gasteiger charge is -2.28. The van der Waals surface area contributed by atoms with Gasteiger partial charge in [-0.25, -0.2) is 4.98 Å². The number of pyridine rings is 1. The van der Waals surface area contributed by atoms with Crippen LogP contribution in [0.2, 0.25) is 0 Å². The zero-order valence-corrected chi connectivity index (χ0v) is 25.8. The first-order chi connectivity index (χ1) is 22.4. The van der Waals surface area contributed by atoms with E-state index < -0.39 is 0 Å². The maximum Gasteiger partial charge on any atom is 0.264 e. The topological polar surface area (TPSA) is 67.0 Å². The highest BCUT2D eigenvalue weighted by Crippen LogP contribution is 2.41. The first kappa shape index (κ1) is 26.5. The predicted octanol–water partition coefficient (Wildman–Crippen LogP) is 8.16. The number of amidine groups is 1. The van der Waals surface area contributed by atoms with Gasteiger partial charge < -0.3 is 0 Å². The highest BCUT2D eigenvalue weighted by molar-refractivity contribution is 6.29. The van der Waals surface area contributed by atoms with E-state index in [0.29, 0.717) is 22.4 Å². The van der Waals surface area contributed by atoms with Crippen LogP contribution in [-0.2, 0) is 0 Å². The molecule has 1 amide bonds. The number of imidazole rings is 1. The van der Waals surface area contributed by atoms with Crippen molar-refractivity contribution in [2.45, 2.75) is 13.8 Å². The van der Waals surface area contributed by atoms with Gasteiger partial charge in [0.25, 0.3) is 11.5 Å². The Hall–Kier alpha value is -5.88. The minimum absolute atomic E-state index is 0.0714. The van der Waals surface area contributed by atoms with Crippen molar-refractivity contribution < 1.29 is 4.79 Å². The Bertz CT molecular complexity index is 2740. The Morgan fingerprint density at radius 2 is 1.30 bits per heavy atom. The fraction of sp³-hybridized carbons (Fsp3) is 0.100. The minimum Gasteiger partial charge on any atom is -0.296 e. The summed E-state index contributed by atoms with van der Waals surface area (Å²) in [7, 11) is 3.48. The van der Waals surface area contributed by atoms with Gasteiger partial charge in [-0.1, -0.05) is 60.7 Å². The van der Waals surface area contributed by atoms with Gasteiger partial charge >= 0.3 is 0 Å². The number of carbonyl (C=O) groups excluding carboxylic acids is 1. The molecule has 3 heterocycles. The summed E-state index contributed by atoms with van der Waals surface area (Å²) in [6.45, 7) is 4.23. The smallest absolute Gasteiger partial charge is 0.264 e. The van der Waals surface area contributed by atoms with Crippen molar-refractivity contribution in [2.75, 3.05) is 14.1 Å². The first-order valence-electron chi connectivity index (χ1n) is 15.4. The largest absolute Gasteiger partial charge is 0.296 e. The van der Waals surface area contributed by atoms with E-state index in [4.69, 9.17) is 4.98 Å².